The van der Waals surface area contributed by atoms with Crippen molar-refractivity contribution < 1.29 is 14.3 Å². The Morgan fingerprint density at radius 2 is 1.73 bits per heavy atom. The minimum Gasteiger partial charge on any atom is -0.460 e. The normalized spacial score (nSPS) is 23.0. The van der Waals surface area contributed by atoms with Gasteiger partial charge in [-0.1, -0.05) is 52.3 Å². The van der Waals surface area contributed by atoms with Gasteiger partial charge in [0.05, 0.1) is 22.2 Å². The van der Waals surface area contributed by atoms with Crippen LogP contribution in [0.2, 0.25) is 0 Å². The molecule has 2 aromatic heterocycles. The molecule has 8 heteroatoms. The van der Waals surface area contributed by atoms with Crippen molar-refractivity contribution in [2.45, 2.75) is 76.9 Å². The number of nitrogens with zero attached hydrogens (tertiary/aromatic N) is 2. The van der Waals surface area contributed by atoms with Crippen molar-refractivity contribution in [3.8, 4) is 11.3 Å². The van der Waals surface area contributed by atoms with E-state index in [4.69, 9.17) is 9.72 Å². The van der Waals surface area contributed by atoms with E-state index in [2.05, 4.69) is 21.2 Å². The lowest BCUT2D eigenvalue weighted by molar-refractivity contribution is -0.176. The molecule has 228 valence electrons. The fourth-order valence-corrected chi connectivity index (χ4v) is 7.64. The van der Waals surface area contributed by atoms with Gasteiger partial charge in [0, 0.05) is 45.7 Å². The lowest BCUT2D eigenvalue weighted by atomic mass is 9.51. The highest BCUT2D eigenvalue weighted by Gasteiger charge is 2.60. The quantitative estimate of drug-likeness (QED) is 0.229. The molecule has 0 saturated heterocycles. The van der Waals surface area contributed by atoms with E-state index in [9.17, 15) is 14.4 Å². The molecule has 3 saturated carbocycles. The number of carbonyl (C=O) groups excluding carboxylic acids is 2. The Morgan fingerprint density at radius 3 is 2.41 bits per heavy atom. The summed E-state index contributed by atoms with van der Waals surface area (Å²) >= 11 is 3.59. The summed E-state index contributed by atoms with van der Waals surface area (Å²) in [7, 11) is 1.73. The first-order valence-electron chi connectivity index (χ1n) is 15.2. The predicted octanol–water partition coefficient (Wildman–Crippen LogP) is 7.23. The van der Waals surface area contributed by atoms with Crippen LogP contribution in [0.4, 0.5) is 0 Å². The van der Waals surface area contributed by atoms with E-state index in [0.29, 0.717) is 43.2 Å². The van der Waals surface area contributed by atoms with Crippen LogP contribution in [-0.2, 0) is 16.6 Å². The number of rotatable bonds is 5. The van der Waals surface area contributed by atoms with Gasteiger partial charge in [-0.2, -0.15) is 0 Å². The van der Waals surface area contributed by atoms with Gasteiger partial charge in [-0.25, -0.2) is 4.98 Å². The maximum atomic E-state index is 14.6. The number of benzene rings is 2. The summed E-state index contributed by atoms with van der Waals surface area (Å²) in [5.74, 6) is -0.764. The summed E-state index contributed by atoms with van der Waals surface area (Å²) in [5.41, 5.74) is 2.27. The van der Waals surface area contributed by atoms with Crippen molar-refractivity contribution >= 4 is 38.7 Å². The Bertz CT molecular complexity index is 1830. The number of aryl methyl sites for hydroxylation is 1. The van der Waals surface area contributed by atoms with Gasteiger partial charge in [0.2, 0.25) is 0 Å². The summed E-state index contributed by atoms with van der Waals surface area (Å²) in [6.07, 6.45) is 4.48. The van der Waals surface area contributed by atoms with Gasteiger partial charge in [-0.3, -0.25) is 14.4 Å². The molecule has 44 heavy (non-hydrogen) atoms. The maximum Gasteiger partial charge on any atom is 0.312 e. The van der Waals surface area contributed by atoms with E-state index in [1.807, 2.05) is 88.4 Å². The Balaban J connectivity index is 1.46. The van der Waals surface area contributed by atoms with Crippen molar-refractivity contribution in [1.29, 1.82) is 0 Å². The second-order valence-corrected chi connectivity index (χ2v) is 14.4. The van der Waals surface area contributed by atoms with Crippen LogP contribution in [0.5, 0.6) is 0 Å². The number of hydrogen-bond donors (Lipinski definition) is 1. The maximum absolute atomic E-state index is 14.6. The molecule has 1 amide bonds. The average molecular weight is 657 g/mol. The second kappa shape index (κ2) is 11.0. The number of carbonyl (C=O) groups is 2. The van der Waals surface area contributed by atoms with Crippen molar-refractivity contribution in [3.63, 3.8) is 0 Å². The zero-order chi connectivity index (χ0) is 31.4. The molecule has 1 unspecified atom stereocenters. The second-order valence-electron chi connectivity index (χ2n) is 13.5. The lowest BCUT2D eigenvalue weighted by Crippen LogP contribution is -2.63. The summed E-state index contributed by atoms with van der Waals surface area (Å²) in [6.45, 7) is 7.59. The van der Waals surface area contributed by atoms with Crippen molar-refractivity contribution in [2.75, 3.05) is 0 Å². The van der Waals surface area contributed by atoms with E-state index >= 15 is 0 Å². The van der Waals surface area contributed by atoms with Crippen LogP contribution >= 0.6 is 15.9 Å². The molecule has 2 heterocycles. The summed E-state index contributed by atoms with van der Waals surface area (Å²) in [4.78, 5) is 46.8. The highest BCUT2D eigenvalue weighted by molar-refractivity contribution is 9.10. The Kier molecular flexibility index (Phi) is 7.55. The number of fused-ring (bicyclic) bond motifs is 4. The summed E-state index contributed by atoms with van der Waals surface area (Å²) in [6, 6.07) is 19.4. The molecule has 7 rings (SSSR count). The van der Waals surface area contributed by atoms with Crippen LogP contribution in [0.1, 0.15) is 80.3 Å². The molecule has 3 aliphatic carbocycles. The minimum absolute atomic E-state index is 0.112. The molecule has 1 N–H and O–H groups in total. The number of halogens is 1. The fourth-order valence-electron chi connectivity index (χ4n) is 7.28. The average Bonchev–Trinajstić information content (AvgIpc) is 2.98. The highest BCUT2D eigenvalue weighted by atomic mass is 79.9. The Morgan fingerprint density at radius 1 is 1.02 bits per heavy atom. The number of nitrogens with one attached hydrogen (secondary N) is 1. The van der Waals surface area contributed by atoms with Crippen molar-refractivity contribution in [1.82, 2.24) is 14.9 Å². The van der Waals surface area contributed by atoms with Gasteiger partial charge in [0.15, 0.2) is 0 Å². The van der Waals surface area contributed by atoms with E-state index in [1.165, 1.54) is 0 Å². The monoisotopic (exact) mass is 655 g/mol. The largest absolute Gasteiger partial charge is 0.460 e. The predicted molar refractivity (Wildman–Crippen MR) is 176 cm³/mol. The standard InChI is InChI=1S/C36H38BrN3O4/c1-22-29(26-20-24(37)13-14-28(26)38-30(22)23-10-7-6-8-11-23)31(41)39-36-17-15-35(16-18-36,33(43)44-34(2,3)4)21-27(36)25-12-9-19-40(5)32(25)42/h6-14,19-20,27H,15-18,21H2,1-5H3,(H,39,41). The number of pyridine rings is 2. The Labute approximate surface area is 266 Å². The van der Waals surface area contributed by atoms with Gasteiger partial charge >= 0.3 is 5.97 Å². The molecule has 0 aliphatic heterocycles. The molecular weight excluding hydrogens is 618 g/mol. The van der Waals surface area contributed by atoms with E-state index in [0.717, 1.165) is 32.2 Å². The third-order valence-corrected chi connectivity index (χ3v) is 10.0. The topological polar surface area (TPSA) is 90.3 Å². The zero-order valence-electron chi connectivity index (χ0n) is 25.9. The summed E-state index contributed by atoms with van der Waals surface area (Å²) < 4.78 is 8.35. The molecule has 7 nitrogen and oxygen atoms in total. The smallest absolute Gasteiger partial charge is 0.312 e. The van der Waals surface area contributed by atoms with Crippen LogP contribution in [0.3, 0.4) is 0 Å². The molecule has 3 fully saturated rings. The zero-order valence-corrected chi connectivity index (χ0v) is 27.5. The van der Waals surface area contributed by atoms with E-state index in [1.54, 1.807) is 17.8 Å². The fraction of sp³-hybridized carbons (Fsp3) is 0.389. The number of ether oxygens (including phenoxy) is 1. The third-order valence-electron chi connectivity index (χ3n) is 9.55. The van der Waals surface area contributed by atoms with Crippen LogP contribution < -0.4 is 10.9 Å². The molecule has 0 radical (unpaired) electrons. The molecular formula is C36H38BrN3O4. The van der Waals surface area contributed by atoms with Gasteiger partial charge in [-0.05, 0) is 89.6 Å². The number of amides is 1. The van der Waals surface area contributed by atoms with Crippen LogP contribution in [0.25, 0.3) is 22.2 Å². The van der Waals surface area contributed by atoms with E-state index in [-0.39, 0.29) is 23.4 Å². The SMILES string of the molecule is Cc1c(-c2ccccc2)nc2ccc(Br)cc2c1C(=O)NC12CCC(C(=O)OC(C)(C)C)(CC1)CC2c1cccn(C)c1=O. The first kappa shape index (κ1) is 30.3. The summed E-state index contributed by atoms with van der Waals surface area (Å²) in [5, 5.41) is 4.24. The molecule has 0 spiro atoms. The molecule has 2 bridgehead atoms. The molecule has 1 atom stereocenters. The van der Waals surface area contributed by atoms with Gasteiger partial charge in [0.1, 0.15) is 5.60 Å². The number of esters is 1. The van der Waals surface area contributed by atoms with Gasteiger partial charge in [-0.15, -0.1) is 0 Å². The minimum atomic E-state index is -0.699. The molecule has 2 aromatic carbocycles. The van der Waals surface area contributed by atoms with Gasteiger partial charge in [0.25, 0.3) is 11.5 Å². The Hall–Kier alpha value is -3.78. The van der Waals surface area contributed by atoms with Crippen LogP contribution in [-0.4, -0.2) is 32.6 Å². The lowest BCUT2D eigenvalue weighted by Gasteiger charge is -2.57. The number of aromatic nitrogens is 2. The highest BCUT2D eigenvalue weighted by Crippen LogP contribution is 2.59. The van der Waals surface area contributed by atoms with Crippen LogP contribution in [0.15, 0.2) is 76.1 Å². The first-order valence-corrected chi connectivity index (χ1v) is 16.0. The third kappa shape index (κ3) is 5.27. The number of hydrogen-bond acceptors (Lipinski definition) is 5. The first-order chi connectivity index (χ1) is 20.8. The van der Waals surface area contributed by atoms with Crippen molar-refractivity contribution in [2.24, 2.45) is 12.5 Å². The van der Waals surface area contributed by atoms with Gasteiger partial charge < -0.3 is 14.6 Å². The van der Waals surface area contributed by atoms with Crippen LogP contribution in [0, 0.1) is 12.3 Å². The van der Waals surface area contributed by atoms with E-state index < -0.39 is 16.6 Å². The van der Waals surface area contributed by atoms with Crippen molar-refractivity contribution in [3.05, 3.63) is 98.4 Å². The molecule has 3 aliphatic rings. The molecule has 4 aromatic rings.